The lowest BCUT2D eigenvalue weighted by Crippen LogP contribution is -2.55. The summed E-state index contributed by atoms with van der Waals surface area (Å²) in [5.74, 6) is 3.43. The average Bonchev–Trinajstić information content (AvgIpc) is 3.27. The van der Waals surface area contributed by atoms with Crippen molar-refractivity contribution in [2.45, 2.75) is 56.8 Å². The van der Waals surface area contributed by atoms with E-state index in [1.165, 1.54) is 79.6 Å². The molecule has 0 heterocycles. The summed E-state index contributed by atoms with van der Waals surface area (Å²) < 4.78 is 2.37. The maximum absolute atomic E-state index is 3.79. The smallest absolute Gasteiger partial charge is 0.0278 e. The summed E-state index contributed by atoms with van der Waals surface area (Å²) in [6, 6.07) is 24.0. The van der Waals surface area contributed by atoms with Crippen molar-refractivity contribution < 1.29 is 0 Å². The molecule has 6 aliphatic carbocycles. The fourth-order valence-electron chi connectivity index (χ4n) is 10.2. The van der Waals surface area contributed by atoms with Crippen molar-refractivity contribution in [3.63, 3.8) is 0 Å². The Balaban J connectivity index is 1.43. The van der Waals surface area contributed by atoms with Crippen LogP contribution >= 0.6 is 31.9 Å². The molecule has 0 aliphatic heterocycles. The number of fused-ring (bicyclic) bond motifs is 8. The number of rotatable bonds is 0. The average molecular weight is 610 g/mol. The van der Waals surface area contributed by atoms with Gasteiger partial charge in [-0.2, -0.15) is 0 Å². The maximum Gasteiger partial charge on any atom is 0.0278 e. The second kappa shape index (κ2) is 6.99. The molecule has 0 saturated heterocycles. The van der Waals surface area contributed by atoms with Gasteiger partial charge in [-0.3, -0.25) is 0 Å². The van der Waals surface area contributed by atoms with Crippen LogP contribution in [0, 0.1) is 23.7 Å². The number of benzene rings is 4. The van der Waals surface area contributed by atoms with Crippen LogP contribution in [0.25, 0.3) is 33.0 Å². The molecular formula is C35H30Br2. The molecule has 0 nitrogen and oxygen atoms in total. The Morgan fingerprint density at radius 2 is 1.27 bits per heavy atom. The highest BCUT2D eigenvalue weighted by atomic mass is 79.9. The van der Waals surface area contributed by atoms with Crippen LogP contribution in [-0.2, 0) is 10.8 Å². The van der Waals surface area contributed by atoms with E-state index in [-0.39, 0.29) is 10.8 Å². The molecule has 0 N–H and O–H groups in total. The molecule has 1 spiro atoms. The molecule has 6 aliphatic rings. The topological polar surface area (TPSA) is 0 Å². The molecule has 184 valence electrons. The minimum Gasteiger partial charge on any atom is -0.0569 e. The molecule has 4 saturated carbocycles. The van der Waals surface area contributed by atoms with E-state index >= 15 is 0 Å². The van der Waals surface area contributed by atoms with Crippen molar-refractivity contribution in [3.8, 4) is 22.3 Å². The SMILES string of the molecule is CC1(C)c2cc(Br)ccc2-c2c1ccc1c2C2(c3cc4cc(Br)ccc4cc3-1)C1CC3CC(C1)CC2C3. The lowest BCUT2D eigenvalue weighted by Gasteiger charge is -2.61. The first-order valence-corrected chi connectivity index (χ1v) is 15.7. The summed E-state index contributed by atoms with van der Waals surface area (Å²) in [6.07, 6.45) is 7.17. The molecule has 2 heteroatoms. The zero-order valence-electron chi connectivity index (χ0n) is 21.4. The van der Waals surface area contributed by atoms with Crippen LogP contribution in [0.15, 0.2) is 69.6 Å². The summed E-state index contributed by atoms with van der Waals surface area (Å²) in [5, 5.41) is 2.74. The van der Waals surface area contributed by atoms with E-state index in [0.29, 0.717) is 0 Å². The van der Waals surface area contributed by atoms with Crippen molar-refractivity contribution in [2.75, 3.05) is 0 Å². The third-order valence-corrected chi connectivity index (χ3v) is 12.3. The van der Waals surface area contributed by atoms with Crippen molar-refractivity contribution in [1.82, 2.24) is 0 Å². The standard InChI is InChI=1S/C35H30Br2/c1-34(2)29-8-7-26-28-15-20-3-4-24(36)14-21(20)16-31(28)35(22-10-18-9-19(12-22)13-23(35)11-18)33(26)32(29)27-6-5-25(37)17-30(27)34/h3-8,14-19,22-23H,9-13H2,1-2H3. The normalized spacial score (nSPS) is 31.0. The molecule has 4 fully saturated rings. The van der Waals surface area contributed by atoms with E-state index in [4.69, 9.17) is 0 Å². The van der Waals surface area contributed by atoms with E-state index in [9.17, 15) is 0 Å². The summed E-state index contributed by atoms with van der Waals surface area (Å²) in [6.45, 7) is 4.88. The molecule has 0 atom stereocenters. The van der Waals surface area contributed by atoms with Crippen LogP contribution in [-0.4, -0.2) is 0 Å². The maximum atomic E-state index is 3.79. The van der Waals surface area contributed by atoms with Crippen molar-refractivity contribution >= 4 is 42.6 Å². The molecule has 0 aromatic heterocycles. The second-order valence-electron chi connectivity index (χ2n) is 13.3. The van der Waals surface area contributed by atoms with Crippen LogP contribution < -0.4 is 0 Å². The Hall–Kier alpha value is -1.90. The predicted octanol–water partition coefficient (Wildman–Crippen LogP) is 10.4. The first-order valence-electron chi connectivity index (χ1n) is 14.1. The number of halogens is 2. The molecule has 4 aromatic carbocycles. The molecule has 0 amide bonds. The molecule has 10 rings (SSSR count). The van der Waals surface area contributed by atoms with Crippen molar-refractivity contribution in [2.24, 2.45) is 23.7 Å². The van der Waals surface area contributed by atoms with E-state index in [0.717, 1.165) is 23.7 Å². The van der Waals surface area contributed by atoms with Gasteiger partial charge in [-0.25, -0.2) is 0 Å². The van der Waals surface area contributed by atoms with Crippen LogP contribution in [0.4, 0.5) is 0 Å². The number of hydrogen-bond donors (Lipinski definition) is 0. The zero-order valence-corrected chi connectivity index (χ0v) is 24.5. The highest BCUT2D eigenvalue weighted by Gasteiger charge is 2.63. The molecule has 37 heavy (non-hydrogen) atoms. The van der Waals surface area contributed by atoms with Gasteiger partial charge in [0.1, 0.15) is 0 Å². The largest absolute Gasteiger partial charge is 0.0569 e. The van der Waals surface area contributed by atoms with Gasteiger partial charge in [0, 0.05) is 19.8 Å². The summed E-state index contributed by atoms with van der Waals surface area (Å²) in [4.78, 5) is 0. The first-order chi connectivity index (χ1) is 17.9. The van der Waals surface area contributed by atoms with Gasteiger partial charge in [-0.1, -0.05) is 70.0 Å². The van der Waals surface area contributed by atoms with Crippen LogP contribution in [0.5, 0.6) is 0 Å². The van der Waals surface area contributed by atoms with Gasteiger partial charge in [0.2, 0.25) is 0 Å². The summed E-state index contributed by atoms with van der Waals surface area (Å²) >= 11 is 7.56. The fourth-order valence-corrected chi connectivity index (χ4v) is 10.9. The van der Waals surface area contributed by atoms with Crippen LogP contribution in [0.3, 0.4) is 0 Å². The van der Waals surface area contributed by atoms with E-state index in [1.807, 2.05) is 0 Å². The molecular weight excluding hydrogens is 580 g/mol. The van der Waals surface area contributed by atoms with Gasteiger partial charge in [0.25, 0.3) is 0 Å². The Labute approximate surface area is 236 Å². The zero-order chi connectivity index (χ0) is 24.8. The van der Waals surface area contributed by atoms with Crippen LogP contribution in [0.1, 0.15) is 68.2 Å². The first kappa shape index (κ1) is 22.0. The highest BCUT2D eigenvalue weighted by Crippen LogP contribution is 2.72. The minimum atomic E-state index is 0.0148. The molecule has 4 aromatic rings. The molecule has 4 bridgehead atoms. The van der Waals surface area contributed by atoms with Gasteiger partial charge >= 0.3 is 0 Å². The van der Waals surface area contributed by atoms with Crippen molar-refractivity contribution in [3.05, 3.63) is 91.9 Å². The molecule has 0 radical (unpaired) electrons. The van der Waals surface area contributed by atoms with Gasteiger partial charge in [0.15, 0.2) is 0 Å². The fraction of sp³-hybridized carbons (Fsp3) is 0.371. The Kier molecular flexibility index (Phi) is 4.15. The predicted molar refractivity (Wildman–Crippen MR) is 160 cm³/mol. The van der Waals surface area contributed by atoms with Gasteiger partial charge in [0.05, 0.1) is 0 Å². The lowest BCUT2D eigenvalue weighted by atomic mass is 9.42. The van der Waals surface area contributed by atoms with E-state index in [1.54, 1.807) is 16.7 Å². The summed E-state index contributed by atoms with van der Waals surface area (Å²) in [7, 11) is 0. The van der Waals surface area contributed by atoms with Gasteiger partial charge in [-0.15, -0.1) is 0 Å². The summed E-state index contributed by atoms with van der Waals surface area (Å²) in [5.41, 5.74) is 12.7. The van der Waals surface area contributed by atoms with Crippen molar-refractivity contribution in [1.29, 1.82) is 0 Å². The third kappa shape index (κ3) is 2.56. The molecule has 0 unspecified atom stereocenters. The number of hydrogen-bond acceptors (Lipinski definition) is 0. The Bertz CT molecular complexity index is 1660. The quantitative estimate of drug-likeness (QED) is 0.186. The Morgan fingerprint density at radius 1 is 0.595 bits per heavy atom. The highest BCUT2D eigenvalue weighted by molar-refractivity contribution is 9.10. The third-order valence-electron chi connectivity index (χ3n) is 11.3. The monoisotopic (exact) mass is 608 g/mol. The lowest BCUT2D eigenvalue weighted by molar-refractivity contribution is -0.0396. The Morgan fingerprint density at radius 3 is 2.03 bits per heavy atom. The van der Waals surface area contributed by atoms with Gasteiger partial charge in [-0.05, 0) is 147 Å². The van der Waals surface area contributed by atoms with Crippen LogP contribution in [0.2, 0.25) is 0 Å². The second-order valence-corrected chi connectivity index (χ2v) is 15.1. The van der Waals surface area contributed by atoms with E-state index < -0.39 is 0 Å². The van der Waals surface area contributed by atoms with E-state index in [2.05, 4.69) is 106 Å². The minimum absolute atomic E-state index is 0.0148. The van der Waals surface area contributed by atoms with Gasteiger partial charge < -0.3 is 0 Å².